The van der Waals surface area contributed by atoms with Crippen LogP contribution < -0.4 is 60.7 Å². The van der Waals surface area contributed by atoms with Gasteiger partial charge in [-0.15, -0.1) is 0 Å². The van der Waals surface area contributed by atoms with E-state index in [-0.39, 0.29) is 17.0 Å². The Morgan fingerprint density at radius 1 is 0.206 bits per heavy atom. The summed E-state index contributed by atoms with van der Waals surface area (Å²) in [5, 5.41) is 1.94. The van der Waals surface area contributed by atoms with Gasteiger partial charge in [0.05, 0.1) is 44.4 Å². The molecule has 22 rings (SSSR count). The topological polar surface area (TPSA) is 160 Å². The van der Waals surface area contributed by atoms with Gasteiger partial charge in [0.1, 0.15) is 11.5 Å². The fraction of sp³-hybridized carbons (Fsp3) is 0. The van der Waals surface area contributed by atoms with Gasteiger partial charge in [0.25, 0.3) is 14.6 Å². The van der Waals surface area contributed by atoms with Crippen molar-refractivity contribution in [2.45, 2.75) is 0 Å². The van der Waals surface area contributed by atoms with E-state index in [0.717, 1.165) is 55.9 Å². The van der Waals surface area contributed by atoms with Crippen LogP contribution in [0, 0.1) is 0 Å². The van der Waals surface area contributed by atoms with E-state index in [0.29, 0.717) is 124 Å². The number of hydrogen-bond donors (Lipinski definition) is 0. The average molecular weight is 1680 g/mol. The molecule has 0 saturated carbocycles. The summed E-state index contributed by atoms with van der Waals surface area (Å²) in [7, 11) is -12.7. The van der Waals surface area contributed by atoms with Crippen LogP contribution in [0.3, 0.4) is 0 Å². The van der Waals surface area contributed by atoms with Crippen molar-refractivity contribution in [3.63, 3.8) is 0 Å². The first-order valence-electron chi connectivity index (χ1n) is 41.5. The highest BCUT2D eigenvalue weighted by Gasteiger charge is 2.49. The second-order valence-electron chi connectivity index (χ2n) is 30.7. The van der Waals surface area contributed by atoms with E-state index >= 15 is 13.7 Å². The Hall–Kier alpha value is -15.8. The summed E-state index contributed by atoms with van der Waals surface area (Å²) in [6, 6.07) is 144. The van der Waals surface area contributed by atoms with E-state index < -0.39 is 21.9 Å². The first kappa shape index (κ1) is 76.4. The second kappa shape index (κ2) is 31.9. The normalized spacial score (nSPS) is 16.0. The third-order valence-electron chi connectivity index (χ3n) is 23.2. The third kappa shape index (κ3) is 13.4. The van der Waals surface area contributed by atoms with Crippen LogP contribution in [0.2, 0.25) is 0 Å². The van der Waals surface area contributed by atoms with Crippen molar-refractivity contribution < 1.29 is 23.2 Å². The molecule has 2 aromatic heterocycles. The maximum Gasteiger partial charge on any atom is 0.274 e. The summed E-state index contributed by atoms with van der Waals surface area (Å²) in [6.45, 7) is 0. The standard InChI is InChI=1S/C108H73N10O5P3/c119-124(89-67-61-77(62-68-89)76-59-65-85(66-60-76)115-91-52-25-26-53-92(91)116(86-45-19-6-20-46-86)125(120,99-57-30-28-55-94(99)115)107-111-103(78-37-13-3-14-38-78)109-104(112-107)79-39-15-4-16-40-79)100-58-32-51-90(102(100)123-96-56-29-27-54-93(96)117(124)87-47-21-7-22-48-87)83-43-31-44-84(71-83)106-110-105(80-41-17-5-18-42-80)113-108(114-106)126(121)101-73-82(75-35-11-2-12-36-75)64-70-98(101)122-97-69-63-81(74-33-9-1-10-34-74)72-95(97)118(126)88-49-23-8-24-50-88/h1-73H. The highest BCUT2D eigenvalue weighted by molar-refractivity contribution is 7.81. The largest absolute Gasteiger partial charge is 0.454 e. The molecule has 19 aromatic rings. The Balaban J connectivity index is 0.666. The number of fused-ring (bicyclic) bond motifs is 6. The SMILES string of the molecule is O=P1(c2ccc(-c3ccc(N4c5ccccc5N(c5ccccc5)P(=O)(c5nc(-c6ccccc6)nc(-c6ccccc6)n5)c5ccccc54)cc3)cc2)c2cccc(-c3cccc(-c4nc(-c5ccccc5)nc(P5(=O)c6cc(-c7ccccc7)ccc6Oc6ccc(-c7ccccc7)cc6N5c5ccccc5)n4)c3)c2Oc2ccccc2N1c1ccccc1. The zero-order valence-corrected chi connectivity index (χ0v) is 70.2. The zero-order chi connectivity index (χ0) is 84.3. The van der Waals surface area contributed by atoms with E-state index in [1.807, 2.05) is 414 Å². The summed E-state index contributed by atoms with van der Waals surface area (Å²) in [6.07, 6.45) is 0. The van der Waals surface area contributed by atoms with Crippen molar-refractivity contribution in [1.82, 2.24) is 29.9 Å². The molecule has 15 nitrogen and oxygen atoms in total. The Labute approximate surface area is 728 Å². The van der Waals surface area contributed by atoms with Crippen LogP contribution in [-0.2, 0) is 13.7 Å². The molecule has 0 spiro atoms. The molecule has 0 amide bonds. The number of nitrogens with zero attached hydrogens (tertiary/aromatic N) is 10. The summed E-state index contributed by atoms with van der Waals surface area (Å²) >= 11 is 0. The van der Waals surface area contributed by atoms with Crippen LogP contribution in [0.4, 0.5) is 51.2 Å². The minimum Gasteiger partial charge on any atom is -0.454 e. The molecule has 3 aliphatic rings. The monoisotopic (exact) mass is 1680 g/mol. The van der Waals surface area contributed by atoms with Gasteiger partial charge in [-0.2, -0.15) is 0 Å². The molecule has 0 aliphatic carbocycles. The Kier molecular flexibility index (Phi) is 19.4. The summed E-state index contributed by atoms with van der Waals surface area (Å²) in [5.41, 5.74) is 15.8. The lowest BCUT2D eigenvalue weighted by atomic mass is 10.0. The van der Waals surface area contributed by atoms with Crippen LogP contribution in [0.5, 0.6) is 23.0 Å². The second-order valence-corrected chi connectivity index (χ2v) is 38.2. The molecule has 5 heterocycles. The van der Waals surface area contributed by atoms with Crippen LogP contribution in [0.25, 0.3) is 90.1 Å². The van der Waals surface area contributed by atoms with Gasteiger partial charge in [0.15, 0.2) is 34.8 Å². The number of anilines is 9. The first-order valence-corrected chi connectivity index (χ1v) is 46.4. The lowest BCUT2D eigenvalue weighted by Gasteiger charge is -2.33. The summed E-state index contributed by atoms with van der Waals surface area (Å²) in [5.74, 6) is 3.12. The Morgan fingerprint density at radius 2 is 0.571 bits per heavy atom. The van der Waals surface area contributed by atoms with Crippen LogP contribution >= 0.6 is 21.9 Å². The van der Waals surface area contributed by atoms with Crippen molar-refractivity contribution >= 4 is 105 Å². The van der Waals surface area contributed by atoms with Gasteiger partial charge >= 0.3 is 0 Å². The molecular weight excluding hydrogens is 1610 g/mol. The third-order valence-corrected chi connectivity index (χ3v) is 31.7. The van der Waals surface area contributed by atoms with E-state index in [4.69, 9.17) is 39.4 Å². The van der Waals surface area contributed by atoms with Crippen LogP contribution in [0.1, 0.15) is 0 Å². The number of rotatable bonds is 15. The van der Waals surface area contributed by atoms with Gasteiger partial charge in [-0.05, 0) is 172 Å². The fourth-order valence-corrected chi connectivity index (χ4v) is 25.7. The minimum atomic E-state index is -4.43. The van der Waals surface area contributed by atoms with Gasteiger partial charge in [0, 0.05) is 55.9 Å². The molecular formula is C108H73N10O5P3. The van der Waals surface area contributed by atoms with E-state index in [1.165, 1.54) is 0 Å². The number of benzene rings is 17. The quantitative estimate of drug-likeness (QED) is 0.0891. The molecule has 0 N–H and O–H groups in total. The Bertz CT molecular complexity index is 7470. The highest BCUT2D eigenvalue weighted by atomic mass is 31.2. The van der Waals surface area contributed by atoms with Crippen molar-refractivity contribution in [2.24, 2.45) is 0 Å². The molecule has 0 fully saturated rings. The number of para-hydroxylation sites is 9. The van der Waals surface area contributed by atoms with Crippen molar-refractivity contribution in [1.29, 1.82) is 0 Å². The molecule has 3 aliphatic heterocycles. The van der Waals surface area contributed by atoms with Crippen molar-refractivity contribution in [2.75, 3.05) is 18.9 Å². The molecule has 0 radical (unpaired) electrons. The predicted octanol–water partition coefficient (Wildman–Crippen LogP) is 25.6. The molecule has 600 valence electrons. The van der Waals surface area contributed by atoms with Crippen molar-refractivity contribution in [3.8, 4) is 113 Å². The van der Waals surface area contributed by atoms with Crippen LogP contribution in [0.15, 0.2) is 443 Å². The fourth-order valence-electron chi connectivity index (χ4n) is 17.2. The van der Waals surface area contributed by atoms with E-state index in [9.17, 15) is 0 Å². The lowest BCUT2D eigenvalue weighted by molar-refractivity contribution is 0.489. The van der Waals surface area contributed by atoms with Crippen molar-refractivity contribution in [3.05, 3.63) is 443 Å². The summed E-state index contributed by atoms with van der Waals surface area (Å²) < 4.78 is 74.2. The van der Waals surface area contributed by atoms with Crippen LogP contribution in [-0.4, -0.2) is 29.9 Å². The van der Waals surface area contributed by atoms with Gasteiger partial charge in [-0.3, -0.25) is 27.7 Å². The predicted molar refractivity (Wildman–Crippen MR) is 510 cm³/mol. The molecule has 126 heavy (non-hydrogen) atoms. The smallest absolute Gasteiger partial charge is 0.274 e. The molecule has 0 saturated heterocycles. The number of hydrogen-bond acceptors (Lipinski definition) is 12. The van der Waals surface area contributed by atoms with E-state index in [2.05, 4.69) is 47.4 Å². The zero-order valence-electron chi connectivity index (χ0n) is 67.5. The number of aromatic nitrogens is 6. The van der Waals surface area contributed by atoms with Gasteiger partial charge < -0.3 is 14.4 Å². The van der Waals surface area contributed by atoms with Gasteiger partial charge in [-0.1, -0.05) is 309 Å². The lowest BCUT2D eigenvalue weighted by Crippen LogP contribution is -2.33. The minimum absolute atomic E-state index is 0.0251. The molecule has 3 unspecified atom stereocenters. The Morgan fingerprint density at radius 3 is 1.11 bits per heavy atom. The summed E-state index contributed by atoms with van der Waals surface area (Å²) in [4.78, 5) is 33.9. The highest BCUT2D eigenvalue weighted by Crippen LogP contribution is 2.65. The maximum absolute atomic E-state index is 18.3. The maximum atomic E-state index is 18.3. The molecule has 17 aromatic carbocycles. The molecule has 18 heteroatoms. The molecule has 0 bridgehead atoms. The van der Waals surface area contributed by atoms with E-state index in [1.54, 1.807) is 0 Å². The van der Waals surface area contributed by atoms with Gasteiger partial charge in [0.2, 0.25) is 18.4 Å². The number of ether oxygens (including phenoxy) is 2. The average Bonchev–Trinajstić information content (AvgIpc) is 1.53. The first-order chi connectivity index (χ1) is 62.1. The van der Waals surface area contributed by atoms with Gasteiger partial charge in [-0.25, -0.2) is 29.9 Å². The molecule has 3 atom stereocenters.